The third-order valence-electron chi connectivity index (χ3n) is 5.64. The van der Waals surface area contributed by atoms with Crippen molar-refractivity contribution in [1.82, 2.24) is 14.8 Å². The average Bonchev–Trinajstić information content (AvgIpc) is 2.69. The number of piperidine rings is 1. The Morgan fingerprint density at radius 1 is 1.15 bits per heavy atom. The molecule has 1 aromatic heterocycles. The molecule has 1 fully saturated rings. The van der Waals surface area contributed by atoms with Gasteiger partial charge in [-0.3, -0.25) is 9.78 Å². The lowest BCUT2D eigenvalue weighted by atomic mass is 9.98. The topological polar surface area (TPSA) is 36.4 Å². The summed E-state index contributed by atoms with van der Waals surface area (Å²) >= 11 is 0. The molecule has 0 saturated carbocycles. The zero-order chi connectivity index (χ0) is 19.1. The van der Waals surface area contributed by atoms with Crippen LogP contribution in [-0.2, 0) is 17.9 Å². The fourth-order valence-electron chi connectivity index (χ4n) is 3.86. The number of pyridine rings is 1. The third-order valence-corrected chi connectivity index (χ3v) is 5.64. The smallest absolute Gasteiger partial charge is 0.223 e. The minimum absolute atomic E-state index is 0.225. The number of likely N-dealkylation sites (tertiary alicyclic amines) is 1. The highest BCUT2D eigenvalue weighted by atomic mass is 16.2. The molecule has 0 aliphatic carbocycles. The summed E-state index contributed by atoms with van der Waals surface area (Å²) in [7, 11) is 2.19. The number of aromatic nitrogens is 1. The molecule has 2 aromatic rings. The number of aryl methyl sites for hydroxylation is 1. The second kappa shape index (κ2) is 9.65. The molecule has 4 heteroatoms. The number of rotatable bonds is 7. The highest BCUT2D eigenvalue weighted by Gasteiger charge is 2.22. The van der Waals surface area contributed by atoms with E-state index in [9.17, 15) is 4.79 Å². The normalized spacial score (nSPS) is 17.6. The van der Waals surface area contributed by atoms with Gasteiger partial charge in [-0.05, 0) is 57.0 Å². The van der Waals surface area contributed by atoms with Gasteiger partial charge in [-0.2, -0.15) is 0 Å². The summed E-state index contributed by atoms with van der Waals surface area (Å²) in [5.41, 5.74) is 3.28. The van der Waals surface area contributed by atoms with Crippen LogP contribution in [0.5, 0.6) is 0 Å². The first-order chi connectivity index (χ1) is 13.1. The Hall–Kier alpha value is -2.20. The van der Waals surface area contributed by atoms with E-state index in [-0.39, 0.29) is 5.91 Å². The third kappa shape index (κ3) is 5.64. The van der Waals surface area contributed by atoms with Gasteiger partial charge in [-0.1, -0.05) is 42.8 Å². The number of benzene rings is 1. The van der Waals surface area contributed by atoms with Crippen LogP contribution >= 0.6 is 0 Å². The average molecular weight is 366 g/mol. The number of amides is 1. The Morgan fingerprint density at radius 3 is 2.70 bits per heavy atom. The number of hydrogen-bond acceptors (Lipinski definition) is 3. The molecule has 1 aromatic carbocycles. The second-order valence-electron chi connectivity index (χ2n) is 7.67. The van der Waals surface area contributed by atoms with Crippen molar-refractivity contribution < 1.29 is 4.79 Å². The first-order valence-electron chi connectivity index (χ1n) is 10.1. The molecule has 1 aliphatic rings. The highest BCUT2D eigenvalue weighted by Crippen LogP contribution is 2.20. The Balaban J connectivity index is 1.68. The van der Waals surface area contributed by atoms with E-state index in [4.69, 9.17) is 0 Å². The molecule has 4 nitrogen and oxygen atoms in total. The van der Waals surface area contributed by atoms with Crippen molar-refractivity contribution in [2.24, 2.45) is 0 Å². The van der Waals surface area contributed by atoms with Gasteiger partial charge < -0.3 is 9.80 Å². The van der Waals surface area contributed by atoms with E-state index in [1.54, 1.807) is 0 Å². The van der Waals surface area contributed by atoms with Crippen LogP contribution in [0.4, 0.5) is 0 Å². The maximum Gasteiger partial charge on any atom is 0.223 e. The molecule has 27 heavy (non-hydrogen) atoms. The van der Waals surface area contributed by atoms with Gasteiger partial charge in [0.2, 0.25) is 5.91 Å². The quantitative estimate of drug-likeness (QED) is 0.738. The maximum absolute atomic E-state index is 13.1. The highest BCUT2D eigenvalue weighted by molar-refractivity contribution is 5.76. The molecule has 1 atom stereocenters. The van der Waals surface area contributed by atoms with Gasteiger partial charge >= 0.3 is 0 Å². The Morgan fingerprint density at radius 2 is 1.96 bits per heavy atom. The van der Waals surface area contributed by atoms with Crippen LogP contribution < -0.4 is 0 Å². The molecule has 0 N–H and O–H groups in total. The van der Waals surface area contributed by atoms with E-state index in [1.807, 2.05) is 35.4 Å². The van der Waals surface area contributed by atoms with Crippen molar-refractivity contribution >= 4 is 5.91 Å². The van der Waals surface area contributed by atoms with Crippen LogP contribution in [0.25, 0.3) is 0 Å². The van der Waals surface area contributed by atoms with Crippen molar-refractivity contribution in [2.75, 3.05) is 13.6 Å². The number of carbonyl (C=O) groups excluding carboxylic acids is 1. The molecule has 1 amide bonds. The standard InChI is InChI=1S/C23H31N3O/c1-19-9-8-15-24-22(19)18-26(17-20-10-4-3-5-11-20)23(27)14-13-21-12-6-7-16-25(21)2/h3-5,8-11,15,21H,6-7,12-14,16-18H2,1-2H3/t21-/m1/s1. The number of hydrogen-bond donors (Lipinski definition) is 0. The molecule has 1 aliphatic heterocycles. The lowest BCUT2D eigenvalue weighted by Gasteiger charge is -2.33. The largest absolute Gasteiger partial charge is 0.332 e. The molecule has 3 rings (SSSR count). The van der Waals surface area contributed by atoms with E-state index < -0.39 is 0 Å². The van der Waals surface area contributed by atoms with Gasteiger partial charge in [0.15, 0.2) is 0 Å². The predicted molar refractivity (Wildman–Crippen MR) is 109 cm³/mol. The van der Waals surface area contributed by atoms with Gasteiger partial charge in [0.05, 0.1) is 12.2 Å². The Bertz CT molecular complexity index is 731. The van der Waals surface area contributed by atoms with E-state index in [0.29, 0.717) is 25.6 Å². The monoisotopic (exact) mass is 365 g/mol. The maximum atomic E-state index is 13.1. The zero-order valence-corrected chi connectivity index (χ0v) is 16.6. The summed E-state index contributed by atoms with van der Waals surface area (Å²) < 4.78 is 0. The van der Waals surface area contributed by atoms with Crippen molar-refractivity contribution in [3.63, 3.8) is 0 Å². The summed E-state index contributed by atoms with van der Waals surface area (Å²) in [4.78, 5) is 22.0. The molecule has 0 bridgehead atoms. The zero-order valence-electron chi connectivity index (χ0n) is 16.6. The first-order valence-corrected chi connectivity index (χ1v) is 10.1. The summed E-state index contributed by atoms with van der Waals surface area (Å²) in [6.07, 6.45) is 7.13. The minimum atomic E-state index is 0.225. The minimum Gasteiger partial charge on any atom is -0.332 e. The van der Waals surface area contributed by atoms with Crippen LogP contribution in [0.3, 0.4) is 0 Å². The van der Waals surface area contributed by atoms with Crippen molar-refractivity contribution in [3.05, 3.63) is 65.5 Å². The number of nitrogens with zero attached hydrogens (tertiary/aromatic N) is 3. The van der Waals surface area contributed by atoms with Gasteiger partial charge in [0.1, 0.15) is 0 Å². The summed E-state index contributed by atoms with van der Waals surface area (Å²) in [5.74, 6) is 0.225. The molecular weight excluding hydrogens is 334 g/mol. The Kier molecular flexibility index (Phi) is 6.99. The fraction of sp³-hybridized carbons (Fsp3) is 0.478. The molecule has 1 saturated heterocycles. The van der Waals surface area contributed by atoms with Crippen molar-refractivity contribution in [2.45, 2.75) is 58.2 Å². The van der Waals surface area contributed by atoms with Crippen LogP contribution in [0.1, 0.15) is 48.9 Å². The molecule has 0 spiro atoms. The van der Waals surface area contributed by atoms with E-state index in [2.05, 4.69) is 42.1 Å². The van der Waals surface area contributed by atoms with Crippen LogP contribution in [0.15, 0.2) is 48.7 Å². The van der Waals surface area contributed by atoms with Gasteiger partial charge in [0.25, 0.3) is 0 Å². The van der Waals surface area contributed by atoms with Gasteiger partial charge in [-0.25, -0.2) is 0 Å². The van der Waals surface area contributed by atoms with E-state index in [0.717, 1.165) is 29.8 Å². The molecule has 0 radical (unpaired) electrons. The molecule has 144 valence electrons. The predicted octanol–water partition coefficient (Wildman–Crippen LogP) is 4.18. The summed E-state index contributed by atoms with van der Waals surface area (Å²) in [6, 6.07) is 14.8. The van der Waals surface area contributed by atoms with Gasteiger partial charge in [-0.15, -0.1) is 0 Å². The fourth-order valence-corrected chi connectivity index (χ4v) is 3.86. The van der Waals surface area contributed by atoms with Crippen molar-refractivity contribution in [3.8, 4) is 0 Å². The van der Waals surface area contributed by atoms with Crippen LogP contribution in [0.2, 0.25) is 0 Å². The van der Waals surface area contributed by atoms with E-state index >= 15 is 0 Å². The Labute approximate surface area is 163 Å². The van der Waals surface area contributed by atoms with E-state index in [1.165, 1.54) is 19.3 Å². The second-order valence-corrected chi connectivity index (χ2v) is 7.67. The van der Waals surface area contributed by atoms with Gasteiger partial charge in [0, 0.05) is 25.2 Å². The van der Waals surface area contributed by atoms with Crippen LogP contribution in [-0.4, -0.2) is 40.3 Å². The molecule has 2 heterocycles. The summed E-state index contributed by atoms with van der Waals surface area (Å²) in [5, 5.41) is 0. The number of carbonyl (C=O) groups is 1. The molecular formula is C23H31N3O. The lowest BCUT2D eigenvalue weighted by Crippen LogP contribution is -2.38. The first kappa shape index (κ1) is 19.6. The lowest BCUT2D eigenvalue weighted by molar-refractivity contribution is -0.133. The summed E-state index contributed by atoms with van der Waals surface area (Å²) in [6.45, 7) is 4.42. The molecule has 0 unspecified atom stereocenters. The van der Waals surface area contributed by atoms with Crippen LogP contribution in [0, 0.1) is 6.92 Å². The van der Waals surface area contributed by atoms with Crippen molar-refractivity contribution in [1.29, 1.82) is 0 Å². The SMILES string of the molecule is Cc1cccnc1CN(Cc1ccccc1)C(=O)CC[C@H]1CCCCN1C.